The highest BCUT2D eigenvalue weighted by atomic mass is 16.5. The second-order valence-electron chi connectivity index (χ2n) is 4.44. The molecule has 0 aromatic heterocycles. The van der Waals surface area contributed by atoms with E-state index in [9.17, 15) is 4.79 Å². The maximum absolute atomic E-state index is 12.2. The first-order chi connectivity index (χ1) is 8.01. The Bertz CT molecular complexity index is 368. The number of benzene rings is 1. The van der Waals surface area contributed by atoms with Gasteiger partial charge in [0.15, 0.2) is 5.78 Å². The Kier molecular flexibility index (Phi) is 4.70. The van der Waals surface area contributed by atoms with Crippen molar-refractivity contribution in [3.05, 3.63) is 29.8 Å². The van der Waals surface area contributed by atoms with Crippen LogP contribution < -0.4 is 10.1 Å². The summed E-state index contributed by atoms with van der Waals surface area (Å²) < 4.78 is 5.35. The summed E-state index contributed by atoms with van der Waals surface area (Å²) >= 11 is 0. The zero-order chi connectivity index (χ0) is 12.9. The van der Waals surface area contributed by atoms with Gasteiger partial charge in [0, 0.05) is 5.56 Å². The number of likely N-dealkylation sites (N-methyl/N-ethyl adjacent to an activating group) is 1. The second kappa shape index (κ2) is 5.82. The van der Waals surface area contributed by atoms with Gasteiger partial charge in [0.25, 0.3) is 0 Å². The Morgan fingerprint density at radius 2 is 1.82 bits per heavy atom. The van der Waals surface area contributed by atoms with Gasteiger partial charge in [0.05, 0.1) is 12.1 Å². The highest BCUT2D eigenvalue weighted by Gasteiger charge is 2.27. The van der Waals surface area contributed by atoms with Crippen LogP contribution in [0.2, 0.25) is 0 Å². The normalized spacial score (nSPS) is 11.3. The van der Waals surface area contributed by atoms with E-state index in [4.69, 9.17) is 4.74 Å². The highest BCUT2D eigenvalue weighted by Crippen LogP contribution is 2.17. The molecule has 94 valence electrons. The van der Waals surface area contributed by atoms with Crippen LogP contribution in [0.1, 0.15) is 38.1 Å². The van der Waals surface area contributed by atoms with Crippen molar-refractivity contribution >= 4 is 5.78 Å². The van der Waals surface area contributed by atoms with E-state index in [1.54, 1.807) is 0 Å². The van der Waals surface area contributed by atoms with Crippen molar-refractivity contribution in [2.45, 2.75) is 33.2 Å². The lowest BCUT2D eigenvalue weighted by molar-refractivity contribution is 0.0884. The van der Waals surface area contributed by atoms with Gasteiger partial charge in [0.1, 0.15) is 5.75 Å². The molecule has 0 saturated carbocycles. The lowest BCUT2D eigenvalue weighted by Crippen LogP contribution is -2.46. The first-order valence-electron chi connectivity index (χ1n) is 6.04. The maximum atomic E-state index is 12.2. The average molecular weight is 235 g/mol. The van der Waals surface area contributed by atoms with Crippen LogP contribution in [0.15, 0.2) is 24.3 Å². The van der Waals surface area contributed by atoms with Crippen molar-refractivity contribution in [2.75, 3.05) is 13.2 Å². The Hall–Kier alpha value is -1.35. The van der Waals surface area contributed by atoms with Crippen molar-refractivity contribution in [1.82, 2.24) is 5.32 Å². The van der Waals surface area contributed by atoms with E-state index in [1.165, 1.54) is 0 Å². The van der Waals surface area contributed by atoms with Crippen molar-refractivity contribution in [1.29, 1.82) is 0 Å². The van der Waals surface area contributed by atoms with E-state index in [-0.39, 0.29) is 5.78 Å². The number of carbonyl (C=O) groups is 1. The number of carbonyl (C=O) groups excluding carboxylic acids is 1. The molecule has 0 aliphatic carbocycles. The van der Waals surface area contributed by atoms with E-state index >= 15 is 0 Å². The molecule has 1 aromatic carbocycles. The zero-order valence-electron chi connectivity index (χ0n) is 11.0. The standard InChI is InChI=1S/C14H21NO2/c1-5-15-14(3,4)13(16)11-7-9-12(10-8-11)17-6-2/h7-10,15H,5-6H2,1-4H3. The van der Waals surface area contributed by atoms with Gasteiger partial charge in [0.2, 0.25) is 0 Å². The molecule has 1 N–H and O–H groups in total. The lowest BCUT2D eigenvalue weighted by Gasteiger charge is -2.24. The predicted molar refractivity (Wildman–Crippen MR) is 69.7 cm³/mol. The molecule has 1 rings (SSSR count). The largest absolute Gasteiger partial charge is 0.494 e. The van der Waals surface area contributed by atoms with Crippen LogP contribution in [-0.4, -0.2) is 24.5 Å². The van der Waals surface area contributed by atoms with Crippen LogP contribution in [0, 0.1) is 0 Å². The molecule has 1 aromatic rings. The van der Waals surface area contributed by atoms with E-state index in [2.05, 4.69) is 5.32 Å². The van der Waals surface area contributed by atoms with Gasteiger partial charge < -0.3 is 10.1 Å². The van der Waals surface area contributed by atoms with Gasteiger partial charge in [-0.1, -0.05) is 6.92 Å². The fraction of sp³-hybridized carbons (Fsp3) is 0.500. The number of Topliss-reactive ketones (excluding diaryl/α,β-unsaturated/α-hetero) is 1. The molecule has 0 amide bonds. The van der Waals surface area contributed by atoms with E-state index in [0.717, 1.165) is 12.3 Å². The van der Waals surface area contributed by atoms with Gasteiger partial charge in [-0.15, -0.1) is 0 Å². The maximum Gasteiger partial charge on any atom is 0.182 e. The number of hydrogen-bond donors (Lipinski definition) is 1. The SMILES string of the molecule is CCNC(C)(C)C(=O)c1ccc(OCC)cc1. The molecule has 17 heavy (non-hydrogen) atoms. The third-order valence-corrected chi connectivity index (χ3v) is 2.61. The minimum Gasteiger partial charge on any atom is -0.494 e. The second-order valence-corrected chi connectivity index (χ2v) is 4.44. The quantitative estimate of drug-likeness (QED) is 0.770. The van der Waals surface area contributed by atoms with Crippen molar-refractivity contribution in [3.63, 3.8) is 0 Å². The molecule has 0 aliphatic rings. The van der Waals surface area contributed by atoms with Gasteiger partial charge in [-0.2, -0.15) is 0 Å². The third kappa shape index (κ3) is 3.56. The van der Waals surface area contributed by atoms with Gasteiger partial charge in [-0.05, 0) is 51.6 Å². The Balaban J connectivity index is 2.82. The minimum absolute atomic E-state index is 0.0994. The summed E-state index contributed by atoms with van der Waals surface area (Å²) in [5.41, 5.74) is 0.182. The van der Waals surface area contributed by atoms with Crippen LogP contribution in [0.3, 0.4) is 0 Å². The molecule has 0 bridgehead atoms. The molecular weight excluding hydrogens is 214 g/mol. The summed E-state index contributed by atoms with van der Waals surface area (Å²) in [4.78, 5) is 12.2. The van der Waals surface area contributed by atoms with E-state index in [1.807, 2.05) is 52.0 Å². The first kappa shape index (κ1) is 13.7. The van der Waals surface area contributed by atoms with E-state index < -0.39 is 5.54 Å². The smallest absolute Gasteiger partial charge is 0.182 e. The summed E-state index contributed by atoms with van der Waals surface area (Å²) in [6, 6.07) is 7.29. The summed E-state index contributed by atoms with van der Waals surface area (Å²) in [7, 11) is 0. The summed E-state index contributed by atoms with van der Waals surface area (Å²) in [6.45, 7) is 9.14. The number of hydrogen-bond acceptors (Lipinski definition) is 3. The number of ketones is 1. The zero-order valence-corrected chi connectivity index (χ0v) is 11.0. The Morgan fingerprint density at radius 1 is 1.24 bits per heavy atom. The minimum atomic E-state index is -0.526. The topological polar surface area (TPSA) is 38.3 Å². The number of nitrogens with one attached hydrogen (secondary N) is 1. The summed E-state index contributed by atoms with van der Waals surface area (Å²) in [5, 5.41) is 3.18. The Morgan fingerprint density at radius 3 is 2.29 bits per heavy atom. The molecular formula is C14H21NO2. The van der Waals surface area contributed by atoms with Gasteiger partial charge in [-0.25, -0.2) is 0 Å². The monoisotopic (exact) mass is 235 g/mol. The predicted octanol–water partition coefficient (Wildman–Crippen LogP) is 2.66. The van der Waals surface area contributed by atoms with Crippen LogP contribution in [-0.2, 0) is 0 Å². The van der Waals surface area contributed by atoms with Crippen molar-refractivity contribution < 1.29 is 9.53 Å². The Labute approximate surface area is 103 Å². The molecule has 0 aliphatic heterocycles. The molecule has 0 saturated heterocycles. The van der Waals surface area contributed by atoms with Gasteiger partial charge >= 0.3 is 0 Å². The molecule has 0 radical (unpaired) electrons. The highest BCUT2D eigenvalue weighted by molar-refractivity contribution is 6.02. The summed E-state index contributed by atoms with van der Waals surface area (Å²) in [6.07, 6.45) is 0. The third-order valence-electron chi connectivity index (χ3n) is 2.61. The average Bonchev–Trinajstić information content (AvgIpc) is 2.29. The fourth-order valence-corrected chi connectivity index (χ4v) is 1.75. The van der Waals surface area contributed by atoms with Crippen LogP contribution in [0.25, 0.3) is 0 Å². The molecule has 3 heteroatoms. The molecule has 0 fully saturated rings. The van der Waals surface area contributed by atoms with Gasteiger partial charge in [-0.3, -0.25) is 4.79 Å². The number of rotatable bonds is 6. The molecule has 0 spiro atoms. The lowest BCUT2D eigenvalue weighted by atomic mass is 9.93. The van der Waals surface area contributed by atoms with Crippen LogP contribution in [0.5, 0.6) is 5.75 Å². The van der Waals surface area contributed by atoms with Crippen LogP contribution >= 0.6 is 0 Å². The molecule has 0 heterocycles. The van der Waals surface area contributed by atoms with Crippen molar-refractivity contribution in [2.24, 2.45) is 0 Å². The van der Waals surface area contributed by atoms with Crippen molar-refractivity contribution in [3.8, 4) is 5.75 Å². The fourth-order valence-electron chi connectivity index (χ4n) is 1.75. The van der Waals surface area contributed by atoms with Crippen LogP contribution in [0.4, 0.5) is 0 Å². The summed E-state index contributed by atoms with van der Waals surface area (Å²) in [5.74, 6) is 0.896. The number of ether oxygens (including phenoxy) is 1. The molecule has 3 nitrogen and oxygen atoms in total. The molecule has 0 unspecified atom stereocenters. The molecule has 0 atom stereocenters. The van der Waals surface area contributed by atoms with E-state index in [0.29, 0.717) is 12.2 Å². The first-order valence-corrected chi connectivity index (χ1v) is 6.04.